The van der Waals surface area contributed by atoms with Gasteiger partial charge >= 0.3 is 0 Å². The number of nitrogens with one attached hydrogen (secondary N) is 1. The predicted octanol–water partition coefficient (Wildman–Crippen LogP) is 1.45. The molecule has 0 heterocycles. The number of benzene rings is 1. The van der Waals surface area contributed by atoms with Gasteiger partial charge in [-0.3, -0.25) is 0 Å². The summed E-state index contributed by atoms with van der Waals surface area (Å²) in [5.74, 6) is 0.443. The Kier molecular flexibility index (Phi) is 3.49. The summed E-state index contributed by atoms with van der Waals surface area (Å²) in [4.78, 5) is 0.363. The van der Waals surface area contributed by atoms with E-state index in [9.17, 15) is 8.42 Å². The fourth-order valence-corrected chi connectivity index (χ4v) is 3.77. The normalized spacial score (nSPS) is 23.1. The first-order chi connectivity index (χ1) is 8.35. The molecule has 1 aliphatic carbocycles. The standard InChI is InChI=1S/C13H20N2O2S/c1-8-4-11(7-14)6-13(10(8)3)18(16,17)15-12-5-9(12)2/h4,6,9,12,15H,5,7,14H2,1-3H3. The highest BCUT2D eigenvalue weighted by Crippen LogP contribution is 2.31. The summed E-state index contributed by atoms with van der Waals surface area (Å²) in [5, 5.41) is 0. The van der Waals surface area contributed by atoms with Crippen molar-refractivity contribution in [3.63, 3.8) is 0 Å². The zero-order valence-corrected chi connectivity index (χ0v) is 11.8. The molecule has 0 spiro atoms. The SMILES string of the molecule is Cc1cc(CN)cc(S(=O)(=O)NC2CC2C)c1C. The summed E-state index contributed by atoms with van der Waals surface area (Å²) >= 11 is 0. The number of sulfonamides is 1. The Bertz CT molecular complexity index is 567. The lowest BCUT2D eigenvalue weighted by Crippen LogP contribution is -2.27. The van der Waals surface area contributed by atoms with E-state index in [2.05, 4.69) is 4.72 Å². The molecule has 1 aromatic rings. The van der Waals surface area contributed by atoms with Gasteiger partial charge in [-0.05, 0) is 48.9 Å². The Labute approximate surface area is 109 Å². The van der Waals surface area contributed by atoms with Crippen LogP contribution in [-0.2, 0) is 16.6 Å². The fourth-order valence-electron chi connectivity index (χ4n) is 2.04. The third-order valence-electron chi connectivity index (χ3n) is 3.62. The molecule has 0 radical (unpaired) electrons. The first-order valence-corrected chi connectivity index (χ1v) is 7.66. The Morgan fingerprint density at radius 1 is 1.39 bits per heavy atom. The maximum absolute atomic E-state index is 12.3. The first kappa shape index (κ1) is 13.5. The van der Waals surface area contributed by atoms with E-state index in [4.69, 9.17) is 5.73 Å². The van der Waals surface area contributed by atoms with Crippen molar-refractivity contribution < 1.29 is 8.42 Å². The van der Waals surface area contributed by atoms with Gasteiger partial charge in [0.15, 0.2) is 0 Å². The van der Waals surface area contributed by atoms with Crippen molar-refractivity contribution >= 4 is 10.0 Å². The molecule has 2 unspecified atom stereocenters. The van der Waals surface area contributed by atoms with Gasteiger partial charge in [0.25, 0.3) is 0 Å². The lowest BCUT2D eigenvalue weighted by Gasteiger charge is -2.13. The molecule has 0 aromatic heterocycles. The maximum atomic E-state index is 12.3. The van der Waals surface area contributed by atoms with Crippen molar-refractivity contribution in [3.05, 3.63) is 28.8 Å². The van der Waals surface area contributed by atoms with Gasteiger partial charge in [-0.2, -0.15) is 0 Å². The fraction of sp³-hybridized carbons (Fsp3) is 0.538. The molecule has 2 rings (SSSR count). The van der Waals surface area contributed by atoms with E-state index in [0.29, 0.717) is 17.4 Å². The van der Waals surface area contributed by atoms with E-state index in [1.807, 2.05) is 26.8 Å². The topological polar surface area (TPSA) is 72.2 Å². The monoisotopic (exact) mass is 268 g/mol. The Morgan fingerprint density at radius 2 is 2.00 bits per heavy atom. The molecule has 1 saturated carbocycles. The average Bonchev–Trinajstić information content (AvgIpc) is 2.96. The summed E-state index contributed by atoms with van der Waals surface area (Å²) in [7, 11) is -3.42. The van der Waals surface area contributed by atoms with Crippen LogP contribution < -0.4 is 10.5 Å². The van der Waals surface area contributed by atoms with Crippen molar-refractivity contribution in [2.75, 3.05) is 0 Å². The smallest absolute Gasteiger partial charge is 0.241 e. The second-order valence-electron chi connectivity index (χ2n) is 5.18. The first-order valence-electron chi connectivity index (χ1n) is 6.17. The van der Waals surface area contributed by atoms with Crippen molar-refractivity contribution in [2.45, 2.75) is 44.7 Å². The minimum Gasteiger partial charge on any atom is -0.326 e. The summed E-state index contributed by atoms with van der Waals surface area (Å²) in [5.41, 5.74) is 8.21. The minimum atomic E-state index is -3.42. The number of aryl methyl sites for hydroxylation is 1. The second-order valence-corrected chi connectivity index (χ2v) is 6.86. The summed E-state index contributed by atoms with van der Waals surface area (Å²) in [6.45, 7) is 6.14. The molecule has 0 amide bonds. The number of hydrogen-bond acceptors (Lipinski definition) is 3. The van der Waals surface area contributed by atoms with Crippen molar-refractivity contribution in [2.24, 2.45) is 11.7 Å². The van der Waals surface area contributed by atoms with E-state index >= 15 is 0 Å². The van der Waals surface area contributed by atoms with Gasteiger partial charge in [-0.15, -0.1) is 0 Å². The number of rotatable bonds is 4. The maximum Gasteiger partial charge on any atom is 0.241 e. The molecule has 0 bridgehead atoms. The van der Waals surface area contributed by atoms with Gasteiger partial charge in [0.1, 0.15) is 0 Å². The van der Waals surface area contributed by atoms with Gasteiger partial charge in [0, 0.05) is 12.6 Å². The van der Waals surface area contributed by atoms with Gasteiger partial charge in [-0.25, -0.2) is 13.1 Å². The highest BCUT2D eigenvalue weighted by molar-refractivity contribution is 7.89. The summed E-state index contributed by atoms with van der Waals surface area (Å²) in [6, 6.07) is 3.71. The van der Waals surface area contributed by atoms with E-state index < -0.39 is 10.0 Å². The zero-order valence-electron chi connectivity index (χ0n) is 11.0. The molecule has 0 saturated heterocycles. The largest absolute Gasteiger partial charge is 0.326 e. The quantitative estimate of drug-likeness (QED) is 0.868. The lowest BCUT2D eigenvalue weighted by molar-refractivity contribution is 0.577. The van der Waals surface area contributed by atoms with Crippen LogP contribution in [0.3, 0.4) is 0 Å². The number of nitrogens with two attached hydrogens (primary N) is 1. The highest BCUT2D eigenvalue weighted by Gasteiger charge is 2.36. The van der Waals surface area contributed by atoms with E-state index in [1.54, 1.807) is 6.07 Å². The molecule has 1 aliphatic rings. The van der Waals surface area contributed by atoms with Gasteiger partial charge < -0.3 is 5.73 Å². The molecule has 1 fully saturated rings. The summed E-state index contributed by atoms with van der Waals surface area (Å²) in [6.07, 6.45) is 0.924. The van der Waals surface area contributed by atoms with E-state index in [1.165, 1.54) is 0 Å². The zero-order chi connectivity index (χ0) is 13.5. The van der Waals surface area contributed by atoms with Crippen LogP contribution in [0.15, 0.2) is 17.0 Å². The molecule has 5 heteroatoms. The van der Waals surface area contributed by atoms with Crippen LogP contribution >= 0.6 is 0 Å². The highest BCUT2D eigenvalue weighted by atomic mass is 32.2. The van der Waals surface area contributed by atoms with Crippen molar-refractivity contribution in [1.82, 2.24) is 4.72 Å². The molecule has 1 aromatic carbocycles. The van der Waals surface area contributed by atoms with Crippen molar-refractivity contribution in [3.8, 4) is 0 Å². The Morgan fingerprint density at radius 3 is 2.50 bits per heavy atom. The van der Waals surface area contributed by atoms with Crippen LogP contribution in [0.1, 0.15) is 30.0 Å². The molecule has 3 N–H and O–H groups in total. The van der Waals surface area contributed by atoms with Gasteiger partial charge in [0.05, 0.1) is 4.90 Å². The van der Waals surface area contributed by atoms with Gasteiger partial charge in [0.2, 0.25) is 10.0 Å². The molecule has 100 valence electrons. The molecule has 0 aliphatic heterocycles. The molecular formula is C13H20N2O2S. The average molecular weight is 268 g/mol. The third-order valence-corrected chi connectivity index (χ3v) is 5.24. The number of hydrogen-bond donors (Lipinski definition) is 2. The van der Waals surface area contributed by atoms with Crippen molar-refractivity contribution in [1.29, 1.82) is 0 Å². The predicted molar refractivity (Wildman–Crippen MR) is 71.7 cm³/mol. The molecule has 18 heavy (non-hydrogen) atoms. The van der Waals surface area contributed by atoms with Crippen LogP contribution in [0.5, 0.6) is 0 Å². The van der Waals surface area contributed by atoms with Gasteiger partial charge in [-0.1, -0.05) is 13.0 Å². The summed E-state index contributed by atoms with van der Waals surface area (Å²) < 4.78 is 27.4. The lowest BCUT2D eigenvalue weighted by atomic mass is 10.1. The van der Waals surface area contributed by atoms with Crippen LogP contribution in [0.25, 0.3) is 0 Å². The third kappa shape index (κ3) is 2.58. The minimum absolute atomic E-state index is 0.0937. The van der Waals surface area contributed by atoms with Crippen LogP contribution in [-0.4, -0.2) is 14.5 Å². The van der Waals surface area contributed by atoms with Crippen LogP contribution in [0.4, 0.5) is 0 Å². The molecule has 2 atom stereocenters. The second kappa shape index (κ2) is 4.64. The van der Waals surface area contributed by atoms with E-state index in [0.717, 1.165) is 23.1 Å². The Hall–Kier alpha value is -0.910. The van der Waals surface area contributed by atoms with Crippen LogP contribution in [0, 0.1) is 19.8 Å². The Balaban J connectivity index is 2.39. The van der Waals surface area contributed by atoms with Crippen LogP contribution in [0.2, 0.25) is 0 Å². The molecular weight excluding hydrogens is 248 g/mol. The molecule has 4 nitrogen and oxygen atoms in total. The van der Waals surface area contributed by atoms with E-state index in [-0.39, 0.29) is 6.04 Å².